The first kappa shape index (κ1) is 9.71. The normalized spacial score (nSPS) is 10.3. The third-order valence-electron chi connectivity index (χ3n) is 2.54. The summed E-state index contributed by atoms with van der Waals surface area (Å²) in [6, 6.07) is 8.05. The molecule has 0 aliphatic rings. The maximum Gasteiger partial charge on any atom is 0.0394 e. The van der Waals surface area contributed by atoms with Crippen LogP contribution in [-0.2, 0) is 0 Å². The van der Waals surface area contributed by atoms with E-state index in [0.29, 0.717) is 0 Å². The molecule has 2 N–H and O–H groups in total. The molecule has 2 nitrogen and oxygen atoms in total. The molecule has 15 heavy (non-hydrogen) atoms. The summed E-state index contributed by atoms with van der Waals surface area (Å²) in [5.74, 6) is 0. The second-order valence-corrected chi connectivity index (χ2v) is 3.78. The molecule has 1 aromatic heterocycles. The average Bonchev–Trinajstić information content (AvgIpc) is 2.23. The molecule has 0 amide bonds. The Bertz CT molecular complexity index is 490. The van der Waals surface area contributed by atoms with Gasteiger partial charge < -0.3 is 5.73 Å². The predicted octanol–water partition coefficient (Wildman–Crippen LogP) is 2.95. The Morgan fingerprint density at radius 3 is 2.60 bits per heavy atom. The smallest absolute Gasteiger partial charge is 0.0394 e. The van der Waals surface area contributed by atoms with E-state index in [-0.39, 0.29) is 0 Å². The Balaban J connectivity index is 2.64. The molecule has 0 aliphatic heterocycles. The van der Waals surface area contributed by atoms with Gasteiger partial charge in [-0.3, -0.25) is 4.98 Å². The minimum Gasteiger partial charge on any atom is -0.398 e. The van der Waals surface area contributed by atoms with Gasteiger partial charge in [0.25, 0.3) is 0 Å². The van der Waals surface area contributed by atoms with E-state index in [1.165, 1.54) is 11.1 Å². The summed E-state index contributed by atoms with van der Waals surface area (Å²) in [7, 11) is 0. The van der Waals surface area contributed by atoms with Crippen LogP contribution in [0, 0.1) is 13.8 Å². The Labute approximate surface area is 89.8 Å². The molecule has 2 rings (SSSR count). The standard InChI is InChI=1S/C13H14N2/c1-9-3-4-13(14)11(7-9)12-8-15-6-5-10(12)2/h3-8H,14H2,1-2H3. The van der Waals surface area contributed by atoms with Crippen LogP contribution < -0.4 is 5.73 Å². The highest BCUT2D eigenvalue weighted by molar-refractivity contribution is 5.78. The lowest BCUT2D eigenvalue weighted by Crippen LogP contribution is -1.93. The summed E-state index contributed by atoms with van der Waals surface area (Å²) in [4.78, 5) is 4.14. The summed E-state index contributed by atoms with van der Waals surface area (Å²) < 4.78 is 0. The Hall–Kier alpha value is -1.83. The van der Waals surface area contributed by atoms with Crippen molar-refractivity contribution in [2.75, 3.05) is 5.73 Å². The second-order valence-electron chi connectivity index (χ2n) is 3.78. The number of benzene rings is 1. The van der Waals surface area contributed by atoms with E-state index < -0.39 is 0 Å². The van der Waals surface area contributed by atoms with Gasteiger partial charge in [-0.25, -0.2) is 0 Å². The van der Waals surface area contributed by atoms with Crippen LogP contribution in [0.5, 0.6) is 0 Å². The van der Waals surface area contributed by atoms with E-state index in [0.717, 1.165) is 16.8 Å². The van der Waals surface area contributed by atoms with Gasteiger partial charge in [-0.2, -0.15) is 0 Å². The number of pyridine rings is 1. The van der Waals surface area contributed by atoms with Crippen molar-refractivity contribution in [2.24, 2.45) is 0 Å². The molecule has 0 fully saturated rings. The fourth-order valence-electron chi connectivity index (χ4n) is 1.65. The predicted molar refractivity (Wildman–Crippen MR) is 63.6 cm³/mol. The van der Waals surface area contributed by atoms with Gasteiger partial charge in [0.1, 0.15) is 0 Å². The molecule has 0 spiro atoms. The quantitative estimate of drug-likeness (QED) is 0.715. The van der Waals surface area contributed by atoms with Crippen molar-refractivity contribution in [2.45, 2.75) is 13.8 Å². The van der Waals surface area contributed by atoms with Crippen LogP contribution in [0.3, 0.4) is 0 Å². The fraction of sp³-hybridized carbons (Fsp3) is 0.154. The van der Waals surface area contributed by atoms with Crippen molar-refractivity contribution in [3.8, 4) is 11.1 Å². The third-order valence-corrected chi connectivity index (χ3v) is 2.54. The fourth-order valence-corrected chi connectivity index (χ4v) is 1.65. The molecule has 2 aromatic rings. The van der Waals surface area contributed by atoms with Crippen LogP contribution in [0.4, 0.5) is 5.69 Å². The molecule has 76 valence electrons. The molecule has 0 unspecified atom stereocenters. The summed E-state index contributed by atoms with van der Waals surface area (Å²) in [6.45, 7) is 4.13. The molecule has 1 heterocycles. The van der Waals surface area contributed by atoms with Gasteiger partial charge in [-0.05, 0) is 37.6 Å². The highest BCUT2D eigenvalue weighted by atomic mass is 14.6. The zero-order valence-electron chi connectivity index (χ0n) is 8.99. The van der Waals surface area contributed by atoms with E-state index in [9.17, 15) is 0 Å². The maximum atomic E-state index is 5.96. The van der Waals surface area contributed by atoms with Gasteiger partial charge in [0, 0.05) is 29.2 Å². The SMILES string of the molecule is Cc1ccc(N)c(-c2cnccc2C)c1. The first-order valence-corrected chi connectivity index (χ1v) is 4.95. The molecule has 0 radical (unpaired) electrons. The third kappa shape index (κ3) is 1.84. The van der Waals surface area contributed by atoms with E-state index in [2.05, 4.69) is 24.9 Å². The van der Waals surface area contributed by atoms with Gasteiger partial charge in [0.05, 0.1) is 0 Å². The largest absolute Gasteiger partial charge is 0.398 e. The number of nitrogens with zero attached hydrogens (tertiary/aromatic N) is 1. The van der Waals surface area contributed by atoms with Gasteiger partial charge in [0.2, 0.25) is 0 Å². The van der Waals surface area contributed by atoms with Crippen molar-refractivity contribution in [3.05, 3.63) is 47.8 Å². The highest BCUT2D eigenvalue weighted by Crippen LogP contribution is 2.28. The van der Waals surface area contributed by atoms with Crippen LogP contribution in [0.15, 0.2) is 36.7 Å². The number of anilines is 1. The van der Waals surface area contributed by atoms with E-state index in [4.69, 9.17) is 5.73 Å². The summed E-state index contributed by atoms with van der Waals surface area (Å²) in [6.07, 6.45) is 3.66. The Morgan fingerprint density at radius 1 is 1.07 bits per heavy atom. The zero-order valence-corrected chi connectivity index (χ0v) is 8.99. The zero-order chi connectivity index (χ0) is 10.8. The van der Waals surface area contributed by atoms with E-state index in [1.807, 2.05) is 24.4 Å². The number of hydrogen-bond donors (Lipinski definition) is 1. The van der Waals surface area contributed by atoms with Crippen LogP contribution in [0.2, 0.25) is 0 Å². The van der Waals surface area contributed by atoms with Crippen molar-refractivity contribution >= 4 is 5.69 Å². The van der Waals surface area contributed by atoms with Gasteiger partial charge >= 0.3 is 0 Å². The van der Waals surface area contributed by atoms with Crippen molar-refractivity contribution in [1.82, 2.24) is 4.98 Å². The first-order valence-electron chi connectivity index (χ1n) is 4.95. The lowest BCUT2D eigenvalue weighted by atomic mass is 10.00. The maximum absolute atomic E-state index is 5.96. The molecule has 2 heteroatoms. The van der Waals surface area contributed by atoms with Crippen molar-refractivity contribution in [3.63, 3.8) is 0 Å². The van der Waals surface area contributed by atoms with Crippen molar-refractivity contribution in [1.29, 1.82) is 0 Å². The molecule has 0 aliphatic carbocycles. The number of aromatic nitrogens is 1. The second kappa shape index (κ2) is 3.73. The molecule has 0 bridgehead atoms. The number of rotatable bonds is 1. The Morgan fingerprint density at radius 2 is 1.87 bits per heavy atom. The van der Waals surface area contributed by atoms with Crippen LogP contribution in [-0.4, -0.2) is 4.98 Å². The number of hydrogen-bond acceptors (Lipinski definition) is 2. The van der Waals surface area contributed by atoms with Crippen LogP contribution in [0.25, 0.3) is 11.1 Å². The van der Waals surface area contributed by atoms with Crippen molar-refractivity contribution < 1.29 is 0 Å². The molecule has 0 atom stereocenters. The highest BCUT2D eigenvalue weighted by Gasteiger charge is 2.05. The minimum atomic E-state index is 0.803. The topological polar surface area (TPSA) is 38.9 Å². The number of nitrogens with two attached hydrogens (primary N) is 1. The average molecular weight is 198 g/mol. The van der Waals surface area contributed by atoms with Crippen LogP contribution >= 0.6 is 0 Å². The molecule has 1 aromatic carbocycles. The molecule has 0 saturated heterocycles. The summed E-state index contributed by atoms with van der Waals surface area (Å²) in [5, 5.41) is 0. The number of nitrogen functional groups attached to an aromatic ring is 1. The van der Waals surface area contributed by atoms with Crippen LogP contribution in [0.1, 0.15) is 11.1 Å². The molecular weight excluding hydrogens is 184 g/mol. The summed E-state index contributed by atoms with van der Waals surface area (Å²) >= 11 is 0. The lowest BCUT2D eigenvalue weighted by Gasteiger charge is -2.09. The van der Waals surface area contributed by atoms with Gasteiger partial charge in [-0.1, -0.05) is 11.6 Å². The number of aryl methyl sites for hydroxylation is 2. The van der Waals surface area contributed by atoms with E-state index in [1.54, 1.807) is 6.20 Å². The monoisotopic (exact) mass is 198 g/mol. The Kier molecular flexibility index (Phi) is 2.42. The van der Waals surface area contributed by atoms with Gasteiger partial charge in [0.15, 0.2) is 0 Å². The lowest BCUT2D eigenvalue weighted by molar-refractivity contribution is 1.28. The van der Waals surface area contributed by atoms with E-state index >= 15 is 0 Å². The molecular formula is C13H14N2. The van der Waals surface area contributed by atoms with Gasteiger partial charge in [-0.15, -0.1) is 0 Å². The summed E-state index contributed by atoms with van der Waals surface area (Å²) in [5.41, 5.74) is 11.4. The first-order chi connectivity index (χ1) is 7.18. The minimum absolute atomic E-state index is 0.803. The molecule has 0 saturated carbocycles.